The van der Waals surface area contributed by atoms with Crippen LogP contribution in [0.5, 0.6) is 0 Å². The number of ether oxygens (including phenoxy) is 1. The zero-order valence-corrected chi connectivity index (χ0v) is 18.7. The van der Waals surface area contributed by atoms with E-state index in [1.54, 1.807) is 0 Å². The van der Waals surface area contributed by atoms with Crippen molar-refractivity contribution in [1.29, 1.82) is 0 Å². The van der Waals surface area contributed by atoms with Gasteiger partial charge in [0.15, 0.2) is 11.4 Å². The van der Waals surface area contributed by atoms with Gasteiger partial charge in [-0.1, -0.05) is 32.9 Å². The molecule has 0 heterocycles. The summed E-state index contributed by atoms with van der Waals surface area (Å²) in [4.78, 5) is 37.4. The van der Waals surface area contributed by atoms with E-state index in [-0.39, 0.29) is 34.9 Å². The van der Waals surface area contributed by atoms with Crippen LogP contribution in [0.1, 0.15) is 59.3 Å². The molecule has 6 heteroatoms. The summed E-state index contributed by atoms with van der Waals surface area (Å²) in [6.07, 6.45) is 5.58. The van der Waals surface area contributed by atoms with Crippen LogP contribution in [-0.4, -0.2) is 46.1 Å². The predicted molar refractivity (Wildman–Crippen MR) is 114 cm³/mol. The normalized spacial score (nSPS) is 46.3. The lowest BCUT2D eigenvalue weighted by atomic mass is 9.44. The molecule has 0 unspecified atom stereocenters. The molecule has 0 bridgehead atoms. The molecule has 6 nitrogen and oxygen atoms in total. The highest BCUT2D eigenvalue weighted by atomic mass is 16.6. The highest BCUT2D eigenvalue weighted by Crippen LogP contribution is 2.69. The fourth-order valence-electron chi connectivity index (χ4n) is 8.13. The second-order valence-electron chi connectivity index (χ2n) is 10.7. The quantitative estimate of drug-likeness (QED) is 0.525. The Balaban J connectivity index is 1.79. The third kappa shape index (κ3) is 2.94. The number of carbonyl (C=O) groups excluding carboxylic acids is 3. The molecule has 0 spiro atoms. The SMILES string of the molecule is C=CC(=O)O[C@]1(C(=O)CO)CC[C@H]2[C@@H]3C[C@H](C)C4=CC(=O)CC[C@]4(C)[C@H]3[C@@H](O)C[C@@]21C. The molecule has 0 aromatic heterocycles. The first-order valence-corrected chi connectivity index (χ1v) is 11.5. The summed E-state index contributed by atoms with van der Waals surface area (Å²) in [6, 6.07) is 0. The Hall–Kier alpha value is -1.79. The van der Waals surface area contributed by atoms with Gasteiger partial charge in [-0.3, -0.25) is 9.59 Å². The van der Waals surface area contributed by atoms with Gasteiger partial charge >= 0.3 is 5.97 Å². The number of rotatable bonds is 4. The highest BCUT2D eigenvalue weighted by Gasteiger charge is 2.70. The molecule has 0 amide bonds. The van der Waals surface area contributed by atoms with Crippen LogP contribution in [0.15, 0.2) is 24.3 Å². The van der Waals surface area contributed by atoms with E-state index in [1.165, 1.54) is 0 Å². The minimum Gasteiger partial charge on any atom is -0.447 e. The maximum atomic E-state index is 13.0. The first-order chi connectivity index (χ1) is 14.5. The van der Waals surface area contributed by atoms with E-state index in [0.717, 1.165) is 24.5 Å². The van der Waals surface area contributed by atoms with Gasteiger partial charge in [0.1, 0.15) is 6.61 Å². The number of fused-ring (bicyclic) bond motifs is 5. The van der Waals surface area contributed by atoms with Gasteiger partial charge in [0.2, 0.25) is 5.78 Å². The smallest absolute Gasteiger partial charge is 0.331 e. The average molecular weight is 431 g/mol. The van der Waals surface area contributed by atoms with Crippen LogP contribution in [0.3, 0.4) is 0 Å². The number of hydrogen-bond donors (Lipinski definition) is 2. The molecule has 4 rings (SSSR count). The van der Waals surface area contributed by atoms with E-state index in [9.17, 15) is 24.6 Å². The second kappa shape index (κ2) is 7.38. The minimum atomic E-state index is -1.45. The molecule has 0 aromatic rings. The summed E-state index contributed by atoms with van der Waals surface area (Å²) in [6.45, 7) is 9.03. The van der Waals surface area contributed by atoms with Gasteiger partial charge in [-0.05, 0) is 67.3 Å². The van der Waals surface area contributed by atoms with Crippen molar-refractivity contribution in [2.75, 3.05) is 6.61 Å². The highest BCUT2D eigenvalue weighted by molar-refractivity contribution is 5.94. The van der Waals surface area contributed by atoms with Crippen LogP contribution >= 0.6 is 0 Å². The van der Waals surface area contributed by atoms with Crippen LogP contribution in [0.25, 0.3) is 0 Å². The van der Waals surface area contributed by atoms with Gasteiger partial charge in [-0.15, -0.1) is 0 Å². The summed E-state index contributed by atoms with van der Waals surface area (Å²) < 4.78 is 5.74. The summed E-state index contributed by atoms with van der Waals surface area (Å²) in [5, 5.41) is 21.2. The van der Waals surface area contributed by atoms with Gasteiger partial charge < -0.3 is 14.9 Å². The van der Waals surface area contributed by atoms with Crippen molar-refractivity contribution < 1.29 is 29.3 Å². The van der Waals surface area contributed by atoms with Gasteiger partial charge in [0.25, 0.3) is 0 Å². The van der Waals surface area contributed by atoms with Crippen LogP contribution in [0.2, 0.25) is 0 Å². The lowest BCUT2D eigenvalue weighted by molar-refractivity contribution is -0.200. The maximum absolute atomic E-state index is 13.0. The van der Waals surface area contributed by atoms with E-state index >= 15 is 0 Å². The van der Waals surface area contributed by atoms with Crippen LogP contribution < -0.4 is 0 Å². The standard InChI is InChI=1S/C25H34O6/c1-5-21(30)31-25(20(29)13-26)9-7-17-16-10-14(2)18-11-15(27)6-8-23(18,3)22(16)19(28)12-24(17,25)4/h5,11,14,16-17,19,22,26,28H,1,6-10,12-13H2,2-4H3/t14-,16-,17-,19-,22+,23-,24-,25-/m0/s1. The van der Waals surface area contributed by atoms with Gasteiger partial charge in [-0.2, -0.15) is 0 Å². The zero-order valence-electron chi connectivity index (χ0n) is 18.7. The minimum absolute atomic E-state index is 0.00346. The number of esters is 1. The molecule has 3 saturated carbocycles. The molecule has 0 radical (unpaired) electrons. The summed E-state index contributed by atoms with van der Waals surface area (Å²) in [5.74, 6) is -0.585. The Kier molecular flexibility index (Phi) is 5.33. The number of aliphatic hydroxyl groups excluding tert-OH is 2. The van der Waals surface area contributed by atoms with Crippen molar-refractivity contribution in [2.24, 2.45) is 34.5 Å². The molecular formula is C25H34O6. The molecule has 4 aliphatic carbocycles. The molecule has 3 fully saturated rings. The van der Waals surface area contributed by atoms with Gasteiger partial charge in [-0.25, -0.2) is 4.79 Å². The topological polar surface area (TPSA) is 101 Å². The number of allylic oxidation sites excluding steroid dienone is 1. The molecule has 0 aromatic carbocycles. The lowest BCUT2D eigenvalue weighted by Crippen LogP contribution is -2.63. The molecule has 0 aliphatic heterocycles. The lowest BCUT2D eigenvalue weighted by Gasteiger charge is -2.62. The molecule has 31 heavy (non-hydrogen) atoms. The maximum Gasteiger partial charge on any atom is 0.331 e. The van der Waals surface area contributed by atoms with Crippen molar-refractivity contribution in [1.82, 2.24) is 0 Å². The fourth-order valence-corrected chi connectivity index (χ4v) is 8.13. The number of aliphatic hydroxyl groups is 2. The second-order valence-corrected chi connectivity index (χ2v) is 10.7. The van der Waals surface area contributed by atoms with Crippen LogP contribution in [-0.2, 0) is 19.1 Å². The molecule has 2 N–H and O–H groups in total. The van der Waals surface area contributed by atoms with E-state index in [2.05, 4.69) is 20.4 Å². The molecule has 4 aliphatic rings. The van der Waals surface area contributed by atoms with E-state index < -0.39 is 35.5 Å². The summed E-state index contributed by atoms with van der Waals surface area (Å²) in [5.41, 5.74) is -1.32. The van der Waals surface area contributed by atoms with Crippen molar-refractivity contribution >= 4 is 17.5 Å². The van der Waals surface area contributed by atoms with Crippen molar-refractivity contribution in [2.45, 2.75) is 71.0 Å². The Bertz CT molecular complexity index is 860. The third-order valence-electron chi connectivity index (χ3n) is 9.37. The molecule has 170 valence electrons. The Morgan fingerprint density at radius 1 is 1.32 bits per heavy atom. The Morgan fingerprint density at radius 3 is 2.68 bits per heavy atom. The number of carbonyl (C=O) groups is 3. The first-order valence-electron chi connectivity index (χ1n) is 11.5. The first kappa shape index (κ1) is 22.4. The van der Waals surface area contributed by atoms with Crippen LogP contribution in [0, 0.1) is 34.5 Å². The van der Waals surface area contributed by atoms with Crippen molar-refractivity contribution in [3.63, 3.8) is 0 Å². The number of ketones is 2. The van der Waals surface area contributed by atoms with Crippen molar-refractivity contribution in [3.8, 4) is 0 Å². The Morgan fingerprint density at radius 2 is 2.03 bits per heavy atom. The molecule has 0 saturated heterocycles. The summed E-state index contributed by atoms with van der Waals surface area (Å²) in [7, 11) is 0. The van der Waals surface area contributed by atoms with Gasteiger partial charge in [0, 0.05) is 17.9 Å². The predicted octanol–water partition coefficient (Wildman–Crippen LogP) is 2.76. The molecule has 8 atom stereocenters. The zero-order chi connectivity index (χ0) is 22.8. The average Bonchev–Trinajstić information content (AvgIpc) is 3.01. The van der Waals surface area contributed by atoms with E-state index in [0.29, 0.717) is 25.7 Å². The van der Waals surface area contributed by atoms with E-state index in [1.807, 2.05) is 13.0 Å². The Labute approximate surface area is 183 Å². The number of hydrogen-bond acceptors (Lipinski definition) is 6. The van der Waals surface area contributed by atoms with Crippen LogP contribution in [0.4, 0.5) is 0 Å². The van der Waals surface area contributed by atoms with Crippen molar-refractivity contribution in [3.05, 3.63) is 24.3 Å². The largest absolute Gasteiger partial charge is 0.447 e. The third-order valence-corrected chi connectivity index (χ3v) is 9.37. The molecular weight excluding hydrogens is 396 g/mol. The number of Topliss-reactive ketones (excluding diaryl/α,β-unsaturated/α-hetero) is 1. The monoisotopic (exact) mass is 430 g/mol. The summed E-state index contributed by atoms with van der Waals surface area (Å²) >= 11 is 0. The van der Waals surface area contributed by atoms with Gasteiger partial charge in [0.05, 0.1) is 6.10 Å². The van der Waals surface area contributed by atoms with E-state index in [4.69, 9.17) is 4.74 Å². The fraction of sp³-hybridized carbons (Fsp3) is 0.720.